The minimum Gasteiger partial charge on any atom is -0.309 e. The second-order valence-electron chi connectivity index (χ2n) is 13.2. The lowest BCUT2D eigenvalue weighted by atomic mass is 9.90. The van der Waals surface area contributed by atoms with Crippen LogP contribution in [0.5, 0.6) is 0 Å². The molecule has 10 rings (SSSR count). The topological polar surface area (TPSA) is 3.24 Å². The summed E-state index contributed by atoms with van der Waals surface area (Å²) >= 11 is 0. The zero-order valence-corrected chi connectivity index (χ0v) is 27.1. The van der Waals surface area contributed by atoms with Gasteiger partial charge in [-0.1, -0.05) is 152 Å². The van der Waals surface area contributed by atoms with Gasteiger partial charge in [-0.15, -0.1) is 0 Å². The highest BCUT2D eigenvalue weighted by atomic mass is 15.1. The van der Waals surface area contributed by atoms with Crippen LogP contribution in [0.1, 0.15) is 22.3 Å². The number of benzene rings is 8. The van der Waals surface area contributed by atoms with Crippen molar-refractivity contribution in [2.24, 2.45) is 0 Å². The summed E-state index contributed by atoms with van der Waals surface area (Å²) in [6, 6.07) is 64.7. The molecule has 1 heteroatoms. The first-order valence-electron chi connectivity index (χ1n) is 17.2. The van der Waals surface area contributed by atoms with Crippen LogP contribution in [0.15, 0.2) is 176 Å². The van der Waals surface area contributed by atoms with Crippen molar-refractivity contribution in [1.29, 1.82) is 0 Å². The van der Waals surface area contributed by atoms with Gasteiger partial charge in [-0.2, -0.15) is 0 Å². The number of para-hydroxylation sites is 1. The van der Waals surface area contributed by atoms with E-state index in [4.69, 9.17) is 0 Å². The maximum atomic E-state index is 2.47. The van der Waals surface area contributed by atoms with Gasteiger partial charge >= 0.3 is 0 Å². The van der Waals surface area contributed by atoms with Crippen LogP contribution < -0.4 is 4.90 Å². The van der Waals surface area contributed by atoms with Crippen molar-refractivity contribution in [3.63, 3.8) is 0 Å². The Morgan fingerprint density at radius 2 is 0.878 bits per heavy atom. The Kier molecular flexibility index (Phi) is 6.38. The van der Waals surface area contributed by atoms with E-state index in [9.17, 15) is 0 Å². The number of fused-ring (bicyclic) bond motifs is 7. The second kappa shape index (κ2) is 11.2. The van der Waals surface area contributed by atoms with E-state index in [-0.39, 0.29) is 0 Å². The van der Waals surface area contributed by atoms with Crippen molar-refractivity contribution < 1.29 is 0 Å². The number of anilines is 3. The minimum atomic E-state index is 0.912. The molecule has 0 fully saturated rings. The lowest BCUT2D eigenvalue weighted by Crippen LogP contribution is -2.12. The summed E-state index contributed by atoms with van der Waals surface area (Å²) in [5.41, 5.74) is 19.8. The molecule has 0 heterocycles. The lowest BCUT2D eigenvalue weighted by molar-refractivity contribution is 1.22. The SMILES string of the molecule is c1ccc(-c2ccccc2N(c2ccc3c(c2)Cc2c-3cccc2-c2cccc3c2Cc2ccccc2-3)c2cccc3ccccc23)cc1. The molecule has 0 bridgehead atoms. The number of rotatable bonds is 5. The van der Waals surface area contributed by atoms with Crippen LogP contribution in [-0.4, -0.2) is 0 Å². The average molecular weight is 624 g/mol. The third-order valence-electron chi connectivity index (χ3n) is 10.6. The molecule has 0 aliphatic heterocycles. The molecule has 0 atom stereocenters. The number of nitrogens with zero attached hydrogens (tertiary/aromatic N) is 1. The van der Waals surface area contributed by atoms with Crippen molar-refractivity contribution in [3.05, 3.63) is 198 Å². The van der Waals surface area contributed by atoms with E-state index in [1.54, 1.807) is 0 Å². The molecular weight excluding hydrogens is 591 g/mol. The van der Waals surface area contributed by atoms with E-state index in [2.05, 4.69) is 181 Å². The van der Waals surface area contributed by atoms with E-state index in [0.29, 0.717) is 0 Å². The Hall–Kier alpha value is -6.18. The van der Waals surface area contributed by atoms with Crippen molar-refractivity contribution in [1.82, 2.24) is 0 Å². The van der Waals surface area contributed by atoms with Crippen LogP contribution in [0, 0.1) is 0 Å². The molecule has 230 valence electrons. The molecular formula is C48H33N. The van der Waals surface area contributed by atoms with E-state index < -0.39 is 0 Å². The third-order valence-corrected chi connectivity index (χ3v) is 10.6. The maximum absolute atomic E-state index is 2.47. The molecule has 8 aromatic carbocycles. The molecule has 0 saturated heterocycles. The molecule has 0 radical (unpaired) electrons. The number of hydrogen-bond acceptors (Lipinski definition) is 1. The molecule has 2 aliphatic rings. The van der Waals surface area contributed by atoms with Gasteiger partial charge in [-0.05, 0) is 104 Å². The van der Waals surface area contributed by atoms with Gasteiger partial charge in [0.2, 0.25) is 0 Å². The highest BCUT2D eigenvalue weighted by Crippen LogP contribution is 2.49. The summed E-state index contributed by atoms with van der Waals surface area (Å²) in [5.74, 6) is 0. The fourth-order valence-corrected chi connectivity index (χ4v) is 8.35. The Morgan fingerprint density at radius 3 is 1.67 bits per heavy atom. The smallest absolute Gasteiger partial charge is 0.0540 e. The van der Waals surface area contributed by atoms with Gasteiger partial charge in [-0.3, -0.25) is 0 Å². The molecule has 49 heavy (non-hydrogen) atoms. The van der Waals surface area contributed by atoms with Gasteiger partial charge in [-0.25, -0.2) is 0 Å². The Bertz CT molecular complexity index is 2550. The van der Waals surface area contributed by atoms with Crippen LogP contribution in [0.3, 0.4) is 0 Å². The monoisotopic (exact) mass is 623 g/mol. The molecule has 1 nitrogen and oxygen atoms in total. The van der Waals surface area contributed by atoms with Gasteiger partial charge in [0.1, 0.15) is 0 Å². The van der Waals surface area contributed by atoms with Crippen molar-refractivity contribution in [3.8, 4) is 44.5 Å². The maximum Gasteiger partial charge on any atom is 0.0540 e. The summed E-state index contributed by atoms with van der Waals surface area (Å²) < 4.78 is 0. The fourth-order valence-electron chi connectivity index (χ4n) is 8.35. The van der Waals surface area contributed by atoms with Gasteiger partial charge < -0.3 is 4.90 Å². The van der Waals surface area contributed by atoms with E-state index in [0.717, 1.165) is 12.8 Å². The summed E-state index contributed by atoms with van der Waals surface area (Å²) in [6.07, 6.45) is 1.90. The predicted molar refractivity (Wildman–Crippen MR) is 206 cm³/mol. The quantitative estimate of drug-likeness (QED) is 0.184. The highest BCUT2D eigenvalue weighted by molar-refractivity contribution is 6.01. The molecule has 0 aromatic heterocycles. The molecule has 2 aliphatic carbocycles. The normalized spacial score (nSPS) is 12.3. The minimum absolute atomic E-state index is 0.912. The molecule has 0 N–H and O–H groups in total. The van der Waals surface area contributed by atoms with Crippen LogP contribution in [0.25, 0.3) is 55.3 Å². The fraction of sp³-hybridized carbons (Fsp3) is 0.0417. The van der Waals surface area contributed by atoms with Crippen molar-refractivity contribution in [2.45, 2.75) is 12.8 Å². The van der Waals surface area contributed by atoms with Gasteiger partial charge in [0.25, 0.3) is 0 Å². The van der Waals surface area contributed by atoms with Crippen LogP contribution in [0.4, 0.5) is 17.1 Å². The Balaban J connectivity index is 1.12. The zero-order chi connectivity index (χ0) is 32.3. The van der Waals surface area contributed by atoms with Crippen LogP contribution in [0.2, 0.25) is 0 Å². The summed E-state index contributed by atoms with van der Waals surface area (Å²) in [7, 11) is 0. The van der Waals surface area contributed by atoms with E-state index >= 15 is 0 Å². The average Bonchev–Trinajstić information content (AvgIpc) is 3.74. The zero-order valence-electron chi connectivity index (χ0n) is 27.1. The first-order chi connectivity index (χ1) is 24.3. The van der Waals surface area contributed by atoms with Crippen molar-refractivity contribution >= 4 is 27.8 Å². The number of hydrogen-bond donors (Lipinski definition) is 0. The van der Waals surface area contributed by atoms with Gasteiger partial charge in [0.15, 0.2) is 0 Å². The molecule has 0 unspecified atom stereocenters. The van der Waals surface area contributed by atoms with Crippen LogP contribution >= 0.6 is 0 Å². The van der Waals surface area contributed by atoms with E-state index in [1.165, 1.54) is 94.6 Å². The van der Waals surface area contributed by atoms with Gasteiger partial charge in [0, 0.05) is 16.6 Å². The summed E-state index contributed by atoms with van der Waals surface area (Å²) in [6.45, 7) is 0. The Morgan fingerprint density at radius 1 is 0.347 bits per heavy atom. The standard InChI is InChI=1S/C48H33N/c1-2-13-32(14-3-1)39-20-8-9-25-47(39)49(48-26-10-17-33-15-4-7-19-40(33)48)36-27-28-38-35(29-36)31-46-42(38)22-12-24-44(46)43-23-11-21-41-37-18-6-5-16-34(37)30-45(41)43/h1-29H,30-31H2. The van der Waals surface area contributed by atoms with Crippen LogP contribution in [-0.2, 0) is 12.8 Å². The first-order valence-corrected chi connectivity index (χ1v) is 17.2. The van der Waals surface area contributed by atoms with Crippen molar-refractivity contribution in [2.75, 3.05) is 4.90 Å². The van der Waals surface area contributed by atoms with Gasteiger partial charge in [0.05, 0.1) is 11.4 Å². The second-order valence-corrected chi connectivity index (χ2v) is 13.2. The first kappa shape index (κ1) is 27.9. The van der Waals surface area contributed by atoms with E-state index in [1.807, 2.05) is 0 Å². The summed E-state index contributed by atoms with van der Waals surface area (Å²) in [4.78, 5) is 2.47. The largest absolute Gasteiger partial charge is 0.309 e. The Labute approximate surface area is 287 Å². The lowest BCUT2D eigenvalue weighted by Gasteiger charge is -2.29. The molecule has 0 amide bonds. The highest BCUT2D eigenvalue weighted by Gasteiger charge is 2.27. The predicted octanol–water partition coefficient (Wildman–Crippen LogP) is 12.8. The molecule has 0 spiro atoms. The summed E-state index contributed by atoms with van der Waals surface area (Å²) in [5, 5.41) is 2.47. The molecule has 8 aromatic rings. The molecule has 0 saturated carbocycles. The third kappa shape index (κ3) is 4.47.